The lowest BCUT2D eigenvalue weighted by Crippen LogP contribution is -2.10. The molecule has 6 nitrogen and oxygen atoms in total. The van der Waals surface area contributed by atoms with Crippen LogP contribution in [0.1, 0.15) is 119 Å². The van der Waals surface area contributed by atoms with Crippen LogP contribution in [-0.2, 0) is 0 Å². The SMILES string of the molecule is CCCCOc1ccc2c3ccccc3c3c(OCCCC)c(OCCCC)c(OCCCC)c(OCCCC)c3c2c1OCCCC. The molecule has 0 radical (unpaired) electrons. The van der Waals surface area contributed by atoms with E-state index in [0.717, 1.165) is 127 Å². The van der Waals surface area contributed by atoms with Gasteiger partial charge in [-0.25, -0.2) is 0 Å². The van der Waals surface area contributed by atoms with Crippen LogP contribution in [0, 0.1) is 0 Å². The molecular weight excluding hydrogens is 600 g/mol. The highest BCUT2D eigenvalue weighted by Gasteiger charge is 2.30. The van der Waals surface area contributed by atoms with Crippen LogP contribution in [0.4, 0.5) is 0 Å². The Balaban J connectivity index is 2.24. The maximum absolute atomic E-state index is 6.87. The molecule has 0 spiro atoms. The van der Waals surface area contributed by atoms with E-state index < -0.39 is 0 Å². The van der Waals surface area contributed by atoms with Gasteiger partial charge in [0, 0.05) is 16.2 Å². The first-order chi connectivity index (χ1) is 23.7. The van der Waals surface area contributed by atoms with E-state index in [4.69, 9.17) is 28.4 Å². The lowest BCUT2D eigenvalue weighted by atomic mass is 9.91. The van der Waals surface area contributed by atoms with Crippen LogP contribution in [0.2, 0.25) is 0 Å². The fourth-order valence-electron chi connectivity index (χ4n) is 5.84. The standard InChI is InChI=1S/C42H60O6/c1-7-13-25-43-34-24-23-33-31-21-19-20-22-32(31)36-37(35(33)38(34)44-26-14-8-2)40(46-28-16-10-4)42(48-30-18-12-6)41(47-29-17-11-5)39(36)45-27-15-9-3/h19-24H,7-18,25-30H2,1-6H3. The maximum Gasteiger partial charge on any atom is 0.208 e. The summed E-state index contributed by atoms with van der Waals surface area (Å²) in [5.41, 5.74) is 0. The normalized spacial score (nSPS) is 11.4. The highest BCUT2D eigenvalue weighted by molar-refractivity contribution is 6.31. The monoisotopic (exact) mass is 660 g/mol. The topological polar surface area (TPSA) is 55.4 Å². The summed E-state index contributed by atoms with van der Waals surface area (Å²) in [7, 11) is 0. The predicted octanol–water partition coefficient (Wildman–Crippen LogP) is 12.2. The van der Waals surface area contributed by atoms with Crippen molar-refractivity contribution in [1.82, 2.24) is 0 Å². The van der Waals surface area contributed by atoms with Crippen molar-refractivity contribution in [3.63, 3.8) is 0 Å². The predicted molar refractivity (Wildman–Crippen MR) is 201 cm³/mol. The highest BCUT2D eigenvalue weighted by Crippen LogP contribution is 2.57. The second-order valence-electron chi connectivity index (χ2n) is 12.6. The Hall–Kier alpha value is -3.54. The first kappa shape index (κ1) is 37.3. The fraction of sp³-hybridized carbons (Fsp3) is 0.571. The first-order valence-electron chi connectivity index (χ1n) is 18.9. The van der Waals surface area contributed by atoms with Gasteiger partial charge in [0.1, 0.15) is 0 Å². The Morgan fingerprint density at radius 2 is 0.688 bits per heavy atom. The minimum absolute atomic E-state index is 0.557. The molecule has 0 fully saturated rings. The summed E-state index contributed by atoms with van der Waals surface area (Å²) in [6.45, 7) is 16.6. The van der Waals surface area contributed by atoms with Crippen molar-refractivity contribution >= 4 is 32.3 Å². The molecule has 4 aromatic carbocycles. The summed E-state index contributed by atoms with van der Waals surface area (Å²) in [5.74, 6) is 4.20. The lowest BCUT2D eigenvalue weighted by Gasteiger charge is -2.26. The van der Waals surface area contributed by atoms with Crippen molar-refractivity contribution in [3.05, 3.63) is 36.4 Å². The van der Waals surface area contributed by atoms with Crippen molar-refractivity contribution in [3.8, 4) is 34.5 Å². The van der Waals surface area contributed by atoms with E-state index in [0.29, 0.717) is 56.9 Å². The van der Waals surface area contributed by atoms with Gasteiger partial charge >= 0.3 is 0 Å². The Morgan fingerprint density at radius 1 is 0.333 bits per heavy atom. The smallest absolute Gasteiger partial charge is 0.208 e. The van der Waals surface area contributed by atoms with Crippen molar-refractivity contribution in [2.75, 3.05) is 39.6 Å². The van der Waals surface area contributed by atoms with E-state index in [9.17, 15) is 0 Å². The molecule has 0 N–H and O–H groups in total. The molecule has 0 aliphatic rings. The van der Waals surface area contributed by atoms with E-state index in [1.165, 1.54) is 0 Å². The molecule has 0 saturated carbocycles. The molecule has 0 heterocycles. The molecule has 6 heteroatoms. The maximum atomic E-state index is 6.87. The third-order valence-corrected chi connectivity index (χ3v) is 8.66. The average molecular weight is 661 g/mol. The number of ether oxygens (including phenoxy) is 6. The van der Waals surface area contributed by atoms with E-state index >= 15 is 0 Å². The van der Waals surface area contributed by atoms with Crippen molar-refractivity contribution in [2.24, 2.45) is 0 Å². The van der Waals surface area contributed by atoms with Crippen LogP contribution in [0.25, 0.3) is 32.3 Å². The van der Waals surface area contributed by atoms with Crippen molar-refractivity contribution < 1.29 is 28.4 Å². The van der Waals surface area contributed by atoms with Gasteiger partial charge in [-0.1, -0.05) is 104 Å². The van der Waals surface area contributed by atoms with Gasteiger partial charge in [-0.3, -0.25) is 0 Å². The Bertz CT molecular complexity index is 1540. The molecule has 0 aromatic heterocycles. The zero-order chi connectivity index (χ0) is 34.1. The van der Waals surface area contributed by atoms with Gasteiger partial charge in [-0.15, -0.1) is 0 Å². The highest BCUT2D eigenvalue weighted by atomic mass is 16.6. The molecule has 0 amide bonds. The minimum atomic E-state index is 0.557. The number of hydrogen-bond acceptors (Lipinski definition) is 6. The van der Waals surface area contributed by atoms with Crippen molar-refractivity contribution in [2.45, 2.75) is 119 Å². The molecular formula is C42H60O6. The molecule has 0 aliphatic heterocycles. The molecule has 0 bridgehead atoms. The van der Waals surface area contributed by atoms with E-state index in [2.05, 4.69) is 77.9 Å². The van der Waals surface area contributed by atoms with Crippen LogP contribution < -0.4 is 28.4 Å². The number of hydrogen-bond donors (Lipinski definition) is 0. The van der Waals surface area contributed by atoms with Gasteiger partial charge in [0.05, 0.1) is 39.6 Å². The summed E-state index contributed by atoms with van der Waals surface area (Å²) in [6, 6.07) is 12.9. The van der Waals surface area contributed by atoms with E-state index in [1.807, 2.05) is 0 Å². The summed E-state index contributed by atoms with van der Waals surface area (Å²) < 4.78 is 40.3. The number of fused-ring (bicyclic) bond motifs is 6. The summed E-state index contributed by atoms with van der Waals surface area (Å²) in [6.07, 6.45) is 11.8. The van der Waals surface area contributed by atoms with Crippen LogP contribution in [-0.4, -0.2) is 39.6 Å². The zero-order valence-corrected chi connectivity index (χ0v) is 30.6. The molecule has 48 heavy (non-hydrogen) atoms. The largest absolute Gasteiger partial charge is 0.490 e. The van der Waals surface area contributed by atoms with Crippen LogP contribution in [0.15, 0.2) is 36.4 Å². The Morgan fingerprint density at radius 3 is 1.17 bits per heavy atom. The molecule has 0 aliphatic carbocycles. The average Bonchev–Trinajstić information content (AvgIpc) is 3.10. The summed E-state index contributed by atoms with van der Waals surface area (Å²) >= 11 is 0. The van der Waals surface area contributed by atoms with E-state index in [1.54, 1.807) is 0 Å². The third-order valence-electron chi connectivity index (χ3n) is 8.66. The van der Waals surface area contributed by atoms with Gasteiger partial charge in [-0.05, 0) is 66.8 Å². The molecule has 4 rings (SSSR count). The minimum Gasteiger partial charge on any atom is -0.490 e. The zero-order valence-electron chi connectivity index (χ0n) is 30.6. The van der Waals surface area contributed by atoms with Crippen molar-refractivity contribution in [1.29, 1.82) is 0 Å². The fourth-order valence-corrected chi connectivity index (χ4v) is 5.84. The lowest BCUT2D eigenvalue weighted by molar-refractivity contribution is 0.225. The third kappa shape index (κ3) is 8.92. The van der Waals surface area contributed by atoms with Gasteiger partial charge in [-0.2, -0.15) is 0 Å². The molecule has 4 aromatic rings. The number of unbranched alkanes of at least 4 members (excludes halogenated alkanes) is 6. The molecule has 0 saturated heterocycles. The Labute approximate surface area is 289 Å². The van der Waals surface area contributed by atoms with Gasteiger partial charge in [0.25, 0.3) is 0 Å². The molecule has 0 unspecified atom stereocenters. The summed E-state index contributed by atoms with van der Waals surface area (Å²) in [5, 5.41) is 6.19. The quantitative estimate of drug-likeness (QED) is 0.0551. The van der Waals surface area contributed by atoms with E-state index in [-0.39, 0.29) is 0 Å². The van der Waals surface area contributed by atoms with Gasteiger partial charge < -0.3 is 28.4 Å². The molecule has 0 atom stereocenters. The van der Waals surface area contributed by atoms with Crippen LogP contribution >= 0.6 is 0 Å². The molecule has 264 valence electrons. The summed E-state index contributed by atoms with van der Waals surface area (Å²) in [4.78, 5) is 0. The van der Waals surface area contributed by atoms with Crippen LogP contribution in [0.3, 0.4) is 0 Å². The Kier molecular flexibility index (Phi) is 15.6. The second-order valence-corrected chi connectivity index (χ2v) is 12.6. The van der Waals surface area contributed by atoms with Crippen LogP contribution in [0.5, 0.6) is 34.5 Å². The number of benzene rings is 4. The first-order valence-corrected chi connectivity index (χ1v) is 18.9. The van der Waals surface area contributed by atoms with Gasteiger partial charge in [0.2, 0.25) is 11.5 Å². The number of rotatable bonds is 24. The van der Waals surface area contributed by atoms with Gasteiger partial charge in [0.15, 0.2) is 23.0 Å². The second kappa shape index (κ2) is 20.1.